The summed E-state index contributed by atoms with van der Waals surface area (Å²) < 4.78 is 2.05. The fourth-order valence-corrected chi connectivity index (χ4v) is 2.81. The van der Waals surface area contributed by atoms with Gasteiger partial charge in [0.2, 0.25) is 0 Å². The summed E-state index contributed by atoms with van der Waals surface area (Å²) in [5.41, 5.74) is 2.61. The third-order valence-electron chi connectivity index (χ3n) is 4.22. The number of hydrogen-bond acceptors (Lipinski definition) is 4. The molecule has 1 aromatic rings. The van der Waals surface area contributed by atoms with Gasteiger partial charge in [-0.1, -0.05) is 0 Å². The second kappa shape index (κ2) is 6.50. The normalized spacial score (nSPS) is 22.0. The third kappa shape index (κ3) is 3.35. The van der Waals surface area contributed by atoms with Gasteiger partial charge in [-0.3, -0.25) is 9.58 Å². The summed E-state index contributed by atoms with van der Waals surface area (Å²) in [6, 6.07) is 0.472. The maximum atomic E-state index is 9.13. The van der Waals surface area contributed by atoms with Crippen LogP contribution in [0.5, 0.6) is 0 Å². The number of piperazine rings is 1. The number of nitrogens with zero attached hydrogens (tertiary/aromatic N) is 4. The number of aromatic nitrogens is 2. The van der Waals surface area contributed by atoms with Crippen LogP contribution in [-0.2, 0) is 13.1 Å². The summed E-state index contributed by atoms with van der Waals surface area (Å²) in [7, 11) is 2.15. The van der Waals surface area contributed by atoms with Gasteiger partial charge in [0.1, 0.15) is 0 Å². The van der Waals surface area contributed by atoms with Crippen LogP contribution in [0.1, 0.15) is 24.6 Å². The fourth-order valence-electron chi connectivity index (χ4n) is 2.81. The van der Waals surface area contributed by atoms with E-state index in [2.05, 4.69) is 40.5 Å². The Morgan fingerprint density at radius 1 is 1.42 bits per heavy atom. The lowest BCUT2D eigenvalue weighted by Crippen LogP contribution is -2.51. The van der Waals surface area contributed by atoms with E-state index >= 15 is 0 Å². The van der Waals surface area contributed by atoms with E-state index in [9.17, 15) is 0 Å². The molecule has 0 amide bonds. The standard InChI is InChI=1S/C14H26N4O/c1-4-18-12(2)13(9-15-18)10-17-7-6-16(3)14(11-17)5-8-19/h9,14,19H,4-8,10-11H2,1-3H3/t14-/m1/s1. The Kier molecular flexibility index (Phi) is 4.96. The molecule has 1 N–H and O–H groups in total. The van der Waals surface area contributed by atoms with Gasteiger partial charge in [0.05, 0.1) is 6.20 Å². The van der Waals surface area contributed by atoms with Crippen LogP contribution in [0.3, 0.4) is 0 Å². The molecule has 0 unspecified atom stereocenters. The van der Waals surface area contributed by atoms with E-state index in [1.165, 1.54) is 11.3 Å². The van der Waals surface area contributed by atoms with Crippen molar-refractivity contribution in [2.45, 2.75) is 39.4 Å². The summed E-state index contributed by atoms with van der Waals surface area (Å²) in [6.07, 6.45) is 2.86. The Bertz CT molecular complexity index is 404. The molecule has 0 spiro atoms. The van der Waals surface area contributed by atoms with Crippen LogP contribution in [-0.4, -0.2) is 64.0 Å². The highest BCUT2D eigenvalue weighted by atomic mass is 16.3. The Hall–Kier alpha value is -0.910. The Morgan fingerprint density at radius 3 is 2.84 bits per heavy atom. The lowest BCUT2D eigenvalue weighted by molar-refractivity contribution is 0.0742. The number of aliphatic hydroxyl groups is 1. The molecule has 0 saturated carbocycles. The molecule has 2 heterocycles. The van der Waals surface area contributed by atoms with E-state index in [0.717, 1.165) is 39.1 Å². The quantitative estimate of drug-likeness (QED) is 0.852. The van der Waals surface area contributed by atoms with Crippen LogP contribution in [0.15, 0.2) is 6.20 Å². The highest BCUT2D eigenvalue weighted by Crippen LogP contribution is 2.16. The fraction of sp³-hybridized carbons (Fsp3) is 0.786. The van der Waals surface area contributed by atoms with Crippen molar-refractivity contribution in [3.8, 4) is 0 Å². The summed E-state index contributed by atoms with van der Waals surface area (Å²) in [5, 5.41) is 13.5. The molecule has 0 bridgehead atoms. The smallest absolute Gasteiger partial charge is 0.0537 e. The number of hydrogen-bond donors (Lipinski definition) is 1. The number of likely N-dealkylation sites (N-methyl/N-ethyl adjacent to an activating group) is 1. The van der Waals surface area contributed by atoms with Gasteiger partial charge in [-0.15, -0.1) is 0 Å². The molecular weight excluding hydrogens is 240 g/mol. The molecule has 1 aliphatic rings. The SMILES string of the molecule is CCn1ncc(CN2CCN(C)[C@H](CCO)C2)c1C. The minimum atomic E-state index is 0.273. The van der Waals surface area contributed by atoms with E-state index in [1.54, 1.807) is 0 Å². The molecule has 1 aromatic heterocycles. The molecule has 19 heavy (non-hydrogen) atoms. The topological polar surface area (TPSA) is 44.5 Å². The zero-order chi connectivity index (χ0) is 13.8. The predicted octanol–water partition coefficient (Wildman–Crippen LogP) is 0.710. The molecular formula is C14H26N4O. The Labute approximate surface area is 115 Å². The van der Waals surface area contributed by atoms with Gasteiger partial charge in [0.15, 0.2) is 0 Å². The van der Waals surface area contributed by atoms with E-state index in [-0.39, 0.29) is 6.61 Å². The van der Waals surface area contributed by atoms with Crippen molar-refractivity contribution in [1.82, 2.24) is 19.6 Å². The molecule has 5 heteroatoms. The number of aliphatic hydroxyl groups excluding tert-OH is 1. The van der Waals surface area contributed by atoms with Gasteiger partial charge in [0, 0.05) is 56.6 Å². The third-order valence-corrected chi connectivity index (χ3v) is 4.22. The van der Waals surface area contributed by atoms with Crippen molar-refractivity contribution in [1.29, 1.82) is 0 Å². The van der Waals surface area contributed by atoms with Gasteiger partial charge in [0.25, 0.3) is 0 Å². The first-order valence-electron chi connectivity index (χ1n) is 7.20. The Morgan fingerprint density at radius 2 is 2.21 bits per heavy atom. The molecule has 0 aromatic carbocycles. The predicted molar refractivity (Wildman–Crippen MR) is 76.0 cm³/mol. The largest absolute Gasteiger partial charge is 0.396 e. The van der Waals surface area contributed by atoms with Gasteiger partial charge in [-0.25, -0.2) is 0 Å². The van der Waals surface area contributed by atoms with Crippen molar-refractivity contribution in [3.63, 3.8) is 0 Å². The van der Waals surface area contributed by atoms with Crippen LogP contribution in [0.4, 0.5) is 0 Å². The van der Waals surface area contributed by atoms with Crippen molar-refractivity contribution in [3.05, 3.63) is 17.5 Å². The maximum absolute atomic E-state index is 9.13. The van der Waals surface area contributed by atoms with Crippen LogP contribution >= 0.6 is 0 Å². The van der Waals surface area contributed by atoms with Crippen LogP contribution < -0.4 is 0 Å². The average Bonchev–Trinajstić information content (AvgIpc) is 2.75. The zero-order valence-corrected chi connectivity index (χ0v) is 12.3. The zero-order valence-electron chi connectivity index (χ0n) is 12.3. The second-order valence-corrected chi connectivity index (χ2v) is 5.45. The van der Waals surface area contributed by atoms with Crippen molar-refractivity contribution >= 4 is 0 Å². The lowest BCUT2D eigenvalue weighted by Gasteiger charge is -2.39. The van der Waals surface area contributed by atoms with Crippen molar-refractivity contribution in [2.75, 3.05) is 33.3 Å². The number of rotatable bonds is 5. The summed E-state index contributed by atoms with van der Waals surface area (Å²) >= 11 is 0. The van der Waals surface area contributed by atoms with Crippen LogP contribution in [0, 0.1) is 6.92 Å². The van der Waals surface area contributed by atoms with Crippen molar-refractivity contribution in [2.24, 2.45) is 0 Å². The molecule has 1 aliphatic heterocycles. The summed E-state index contributed by atoms with van der Waals surface area (Å²) in [6.45, 7) is 9.65. The minimum absolute atomic E-state index is 0.273. The molecule has 0 aliphatic carbocycles. The van der Waals surface area contributed by atoms with E-state index < -0.39 is 0 Å². The van der Waals surface area contributed by atoms with Crippen LogP contribution in [0.2, 0.25) is 0 Å². The molecule has 1 fully saturated rings. The molecule has 0 radical (unpaired) electrons. The first kappa shape index (κ1) is 14.5. The first-order chi connectivity index (χ1) is 9.15. The Balaban J connectivity index is 1.97. The minimum Gasteiger partial charge on any atom is -0.396 e. The van der Waals surface area contributed by atoms with Gasteiger partial charge in [-0.05, 0) is 27.3 Å². The lowest BCUT2D eigenvalue weighted by atomic mass is 10.1. The van der Waals surface area contributed by atoms with E-state index in [0.29, 0.717) is 6.04 Å². The van der Waals surface area contributed by atoms with E-state index in [1.807, 2.05) is 6.20 Å². The summed E-state index contributed by atoms with van der Waals surface area (Å²) in [4.78, 5) is 4.83. The average molecular weight is 266 g/mol. The maximum Gasteiger partial charge on any atom is 0.0537 e. The van der Waals surface area contributed by atoms with Crippen molar-refractivity contribution < 1.29 is 5.11 Å². The second-order valence-electron chi connectivity index (χ2n) is 5.45. The molecule has 1 atom stereocenters. The number of aryl methyl sites for hydroxylation is 1. The highest BCUT2D eigenvalue weighted by molar-refractivity contribution is 5.16. The summed E-state index contributed by atoms with van der Waals surface area (Å²) in [5.74, 6) is 0. The molecule has 108 valence electrons. The first-order valence-corrected chi connectivity index (χ1v) is 7.20. The van der Waals surface area contributed by atoms with Gasteiger partial charge >= 0.3 is 0 Å². The molecule has 2 rings (SSSR count). The van der Waals surface area contributed by atoms with Gasteiger partial charge in [-0.2, -0.15) is 5.10 Å². The van der Waals surface area contributed by atoms with E-state index in [4.69, 9.17) is 5.11 Å². The highest BCUT2D eigenvalue weighted by Gasteiger charge is 2.24. The molecule has 1 saturated heterocycles. The van der Waals surface area contributed by atoms with Crippen LogP contribution in [0.25, 0.3) is 0 Å². The van der Waals surface area contributed by atoms with Gasteiger partial charge < -0.3 is 10.0 Å². The monoisotopic (exact) mass is 266 g/mol. The molecule has 5 nitrogen and oxygen atoms in total.